The molecule has 0 aromatic heterocycles. The minimum Gasteiger partial charge on any atom is -0.465 e. The van der Waals surface area contributed by atoms with Crippen LogP contribution in [-0.2, 0) is 0 Å². The van der Waals surface area contributed by atoms with Gasteiger partial charge in [0.2, 0.25) is 0 Å². The highest BCUT2D eigenvalue weighted by Gasteiger charge is 2.57. The first-order valence-electron chi connectivity index (χ1n) is 3.61. The van der Waals surface area contributed by atoms with Crippen molar-refractivity contribution in [3.05, 3.63) is 0 Å². The van der Waals surface area contributed by atoms with Crippen molar-refractivity contribution in [1.82, 2.24) is 4.90 Å². The van der Waals surface area contributed by atoms with Crippen molar-refractivity contribution in [2.45, 2.75) is 0 Å². The molecular weight excluding hydrogens is 144 g/mol. The Morgan fingerprint density at radius 3 is 2.45 bits per heavy atom. The summed E-state index contributed by atoms with van der Waals surface area (Å²) in [4.78, 5) is 11.8. The van der Waals surface area contributed by atoms with Gasteiger partial charge in [-0.25, -0.2) is 4.79 Å². The number of hydrogen-bond acceptors (Lipinski definition) is 2. The fourth-order valence-electron chi connectivity index (χ4n) is 1.87. The Balaban J connectivity index is 1.95. The predicted molar refractivity (Wildman–Crippen MR) is 35.7 cm³/mol. The van der Waals surface area contributed by atoms with E-state index in [-0.39, 0.29) is 5.92 Å². The summed E-state index contributed by atoms with van der Waals surface area (Å²) in [7, 11) is 0. The van der Waals surface area contributed by atoms with Crippen LogP contribution in [0.15, 0.2) is 0 Å². The van der Waals surface area contributed by atoms with Gasteiger partial charge >= 0.3 is 6.09 Å². The molecule has 1 saturated heterocycles. The van der Waals surface area contributed by atoms with Gasteiger partial charge in [-0.05, 0) is 11.8 Å². The van der Waals surface area contributed by atoms with Crippen LogP contribution in [0.5, 0.6) is 0 Å². The molecule has 2 aliphatic rings. The van der Waals surface area contributed by atoms with Crippen molar-refractivity contribution >= 4 is 6.09 Å². The molecule has 1 aliphatic heterocycles. The molecular formula is C7H8N2O2. The van der Waals surface area contributed by atoms with Crippen LogP contribution in [0.3, 0.4) is 0 Å². The van der Waals surface area contributed by atoms with E-state index in [1.165, 1.54) is 4.90 Å². The molecule has 0 bridgehead atoms. The fraction of sp³-hybridized carbons (Fsp3) is 0.714. The highest BCUT2D eigenvalue weighted by molar-refractivity contribution is 5.65. The molecule has 2 rings (SSSR count). The maximum absolute atomic E-state index is 10.4. The van der Waals surface area contributed by atoms with Gasteiger partial charge in [0.15, 0.2) is 0 Å². The molecule has 0 aromatic rings. The van der Waals surface area contributed by atoms with Crippen molar-refractivity contribution in [3.8, 4) is 6.07 Å². The van der Waals surface area contributed by atoms with E-state index in [9.17, 15) is 4.79 Å². The molecule has 0 aromatic carbocycles. The zero-order valence-corrected chi connectivity index (χ0v) is 5.90. The molecule has 1 saturated carbocycles. The van der Waals surface area contributed by atoms with Crippen molar-refractivity contribution in [1.29, 1.82) is 5.26 Å². The second-order valence-corrected chi connectivity index (χ2v) is 3.17. The molecule has 1 amide bonds. The molecule has 1 heterocycles. The summed E-state index contributed by atoms with van der Waals surface area (Å²) < 4.78 is 0. The van der Waals surface area contributed by atoms with Gasteiger partial charge in [0.25, 0.3) is 0 Å². The highest BCUT2D eigenvalue weighted by atomic mass is 16.4. The SMILES string of the molecule is N#CC1C2CN(C(=O)O)CC12. The predicted octanol–water partition coefficient (Wildman–Crippen LogP) is 0.366. The molecule has 11 heavy (non-hydrogen) atoms. The minimum atomic E-state index is -0.853. The van der Waals surface area contributed by atoms with Crippen LogP contribution in [0.1, 0.15) is 0 Å². The molecule has 4 nitrogen and oxygen atoms in total. The van der Waals surface area contributed by atoms with Gasteiger partial charge < -0.3 is 10.0 Å². The van der Waals surface area contributed by atoms with Crippen LogP contribution in [0.4, 0.5) is 4.79 Å². The first-order chi connectivity index (χ1) is 5.24. The van der Waals surface area contributed by atoms with E-state index in [2.05, 4.69) is 6.07 Å². The second-order valence-electron chi connectivity index (χ2n) is 3.17. The van der Waals surface area contributed by atoms with Crippen molar-refractivity contribution < 1.29 is 9.90 Å². The Morgan fingerprint density at radius 2 is 2.09 bits per heavy atom. The average molecular weight is 152 g/mol. The summed E-state index contributed by atoms with van der Waals surface area (Å²) in [6.07, 6.45) is -0.853. The number of hydrogen-bond donors (Lipinski definition) is 1. The zero-order chi connectivity index (χ0) is 8.01. The summed E-state index contributed by atoms with van der Waals surface area (Å²) in [6.45, 7) is 1.14. The van der Waals surface area contributed by atoms with Crippen LogP contribution >= 0.6 is 0 Å². The number of nitriles is 1. The average Bonchev–Trinajstić information content (AvgIpc) is 2.41. The topological polar surface area (TPSA) is 64.3 Å². The third-order valence-corrected chi connectivity index (χ3v) is 2.61. The number of piperidine rings is 1. The van der Waals surface area contributed by atoms with Crippen molar-refractivity contribution in [3.63, 3.8) is 0 Å². The van der Waals surface area contributed by atoms with Crippen LogP contribution in [0, 0.1) is 29.1 Å². The highest BCUT2D eigenvalue weighted by Crippen LogP contribution is 2.50. The Morgan fingerprint density at radius 1 is 1.55 bits per heavy atom. The van der Waals surface area contributed by atoms with Gasteiger partial charge in [-0.2, -0.15) is 5.26 Å². The van der Waals surface area contributed by atoms with E-state index in [0.717, 1.165) is 0 Å². The molecule has 58 valence electrons. The summed E-state index contributed by atoms with van der Waals surface area (Å²) in [5, 5.41) is 17.1. The number of carboxylic acid groups (broad SMARTS) is 1. The first kappa shape index (κ1) is 6.47. The monoisotopic (exact) mass is 152 g/mol. The Kier molecular flexibility index (Phi) is 1.10. The summed E-state index contributed by atoms with van der Waals surface area (Å²) in [6, 6.07) is 2.18. The summed E-state index contributed by atoms with van der Waals surface area (Å²) in [5.74, 6) is 0.831. The van der Waals surface area contributed by atoms with E-state index in [0.29, 0.717) is 24.9 Å². The molecule has 2 atom stereocenters. The van der Waals surface area contributed by atoms with Crippen molar-refractivity contribution in [2.75, 3.05) is 13.1 Å². The van der Waals surface area contributed by atoms with Crippen molar-refractivity contribution in [2.24, 2.45) is 17.8 Å². The summed E-state index contributed by atoms with van der Waals surface area (Å²) in [5.41, 5.74) is 0. The smallest absolute Gasteiger partial charge is 0.407 e. The summed E-state index contributed by atoms with van der Waals surface area (Å²) >= 11 is 0. The lowest BCUT2D eigenvalue weighted by Crippen LogP contribution is -2.29. The van der Waals surface area contributed by atoms with Gasteiger partial charge in [0, 0.05) is 13.1 Å². The fourth-order valence-corrected chi connectivity index (χ4v) is 1.87. The normalized spacial score (nSPS) is 39.5. The van der Waals surface area contributed by atoms with Gasteiger partial charge in [-0.3, -0.25) is 0 Å². The molecule has 1 aliphatic carbocycles. The number of rotatable bonds is 0. The Hall–Kier alpha value is -1.24. The van der Waals surface area contributed by atoms with Crippen LogP contribution in [0.25, 0.3) is 0 Å². The third-order valence-electron chi connectivity index (χ3n) is 2.61. The third kappa shape index (κ3) is 0.773. The molecule has 0 spiro atoms. The number of carbonyl (C=O) groups is 1. The zero-order valence-electron chi connectivity index (χ0n) is 5.90. The molecule has 2 fully saturated rings. The van der Waals surface area contributed by atoms with Crippen LogP contribution in [0.2, 0.25) is 0 Å². The maximum atomic E-state index is 10.4. The quantitative estimate of drug-likeness (QED) is 0.545. The van der Waals surface area contributed by atoms with E-state index in [1.54, 1.807) is 0 Å². The van der Waals surface area contributed by atoms with Gasteiger partial charge in [0.05, 0.1) is 12.0 Å². The Labute approximate surface area is 64.0 Å². The molecule has 1 N–H and O–H groups in total. The van der Waals surface area contributed by atoms with E-state index >= 15 is 0 Å². The van der Waals surface area contributed by atoms with Gasteiger partial charge in [0.1, 0.15) is 0 Å². The lowest BCUT2D eigenvalue weighted by molar-refractivity contribution is 0.149. The lowest BCUT2D eigenvalue weighted by Gasteiger charge is -2.13. The number of fused-ring (bicyclic) bond motifs is 1. The number of nitrogens with zero attached hydrogens (tertiary/aromatic N) is 2. The van der Waals surface area contributed by atoms with E-state index in [4.69, 9.17) is 10.4 Å². The molecule has 0 radical (unpaired) electrons. The minimum absolute atomic E-state index is 0.144. The molecule has 2 unspecified atom stereocenters. The number of amides is 1. The number of likely N-dealkylation sites (tertiary alicyclic amines) is 1. The van der Waals surface area contributed by atoms with Gasteiger partial charge in [-0.1, -0.05) is 0 Å². The lowest BCUT2D eigenvalue weighted by atomic mass is 10.3. The van der Waals surface area contributed by atoms with Gasteiger partial charge in [-0.15, -0.1) is 0 Å². The molecule has 4 heteroatoms. The van der Waals surface area contributed by atoms with E-state index < -0.39 is 6.09 Å². The first-order valence-corrected chi connectivity index (χ1v) is 3.61. The van der Waals surface area contributed by atoms with E-state index in [1.807, 2.05) is 0 Å². The largest absolute Gasteiger partial charge is 0.465 e. The maximum Gasteiger partial charge on any atom is 0.407 e. The Bertz CT molecular complexity index is 233. The van der Waals surface area contributed by atoms with Crippen LogP contribution < -0.4 is 0 Å². The second kappa shape index (κ2) is 1.88. The van der Waals surface area contributed by atoms with Crippen LogP contribution in [-0.4, -0.2) is 29.2 Å². The standard InChI is InChI=1S/C7H8N2O2/c8-1-4-5-2-9(7(10)11)3-6(4)5/h4-6H,2-3H2,(H,10,11).